The quantitative estimate of drug-likeness (QED) is 0.524. The van der Waals surface area contributed by atoms with E-state index < -0.39 is 0 Å². The third kappa shape index (κ3) is 6.62. The number of rotatable bonds is 9. The Morgan fingerprint density at radius 1 is 1.35 bits per heavy atom. The summed E-state index contributed by atoms with van der Waals surface area (Å²) in [5.74, 6) is 0.727. The second-order valence-corrected chi connectivity index (χ2v) is 8.50. The SMILES string of the molecule is C=C(/N=C\C/C=C\c1sc(C(=O)N2CCNCC2)cc1CN)N[C@H](C)c1ccccc1. The number of hydrogen-bond donors (Lipinski definition) is 3. The molecule has 0 bridgehead atoms. The van der Waals surface area contributed by atoms with Crippen molar-refractivity contribution in [1.29, 1.82) is 0 Å². The van der Waals surface area contributed by atoms with Crippen LogP contribution in [0.15, 0.2) is 59.9 Å². The van der Waals surface area contributed by atoms with Crippen molar-refractivity contribution in [3.63, 3.8) is 0 Å². The summed E-state index contributed by atoms with van der Waals surface area (Å²) in [6.07, 6.45) is 6.55. The molecular weight excluding hydrogens is 406 g/mol. The predicted octanol–water partition coefficient (Wildman–Crippen LogP) is 3.55. The number of carbonyl (C=O) groups is 1. The zero-order valence-electron chi connectivity index (χ0n) is 18.0. The van der Waals surface area contributed by atoms with Crippen molar-refractivity contribution in [3.05, 3.63) is 75.8 Å². The molecule has 1 aliphatic rings. The molecule has 1 saturated heterocycles. The summed E-state index contributed by atoms with van der Waals surface area (Å²) in [6.45, 7) is 9.66. The highest BCUT2D eigenvalue weighted by Gasteiger charge is 2.20. The van der Waals surface area contributed by atoms with E-state index in [1.54, 1.807) is 0 Å². The molecule has 31 heavy (non-hydrogen) atoms. The zero-order valence-corrected chi connectivity index (χ0v) is 18.8. The van der Waals surface area contributed by atoms with E-state index in [1.165, 1.54) is 16.9 Å². The van der Waals surface area contributed by atoms with E-state index in [0.29, 0.717) is 18.8 Å². The summed E-state index contributed by atoms with van der Waals surface area (Å²) in [7, 11) is 0. The molecule has 2 heterocycles. The first kappa shape index (κ1) is 22.9. The first-order valence-corrected chi connectivity index (χ1v) is 11.4. The average Bonchev–Trinajstić information content (AvgIpc) is 3.22. The highest BCUT2D eigenvalue weighted by molar-refractivity contribution is 7.15. The summed E-state index contributed by atoms with van der Waals surface area (Å²) in [4.78, 5) is 20.8. The third-order valence-corrected chi connectivity index (χ3v) is 6.25. The number of allylic oxidation sites excluding steroid dienone is 1. The van der Waals surface area contributed by atoms with Gasteiger partial charge in [-0.05, 0) is 30.2 Å². The predicted molar refractivity (Wildman–Crippen MR) is 130 cm³/mol. The van der Waals surface area contributed by atoms with Crippen LogP contribution in [0.3, 0.4) is 0 Å². The van der Waals surface area contributed by atoms with Crippen molar-refractivity contribution in [3.8, 4) is 0 Å². The van der Waals surface area contributed by atoms with Gasteiger partial charge in [0, 0.05) is 56.3 Å². The fourth-order valence-electron chi connectivity index (χ4n) is 3.38. The molecule has 3 rings (SSSR count). The van der Waals surface area contributed by atoms with Crippen LogP contribution in [-0.4, -0.2) is 43.2 Å². The van der Waals surface area contributed by atoms with Crippen molar-refractivity contribution in [2.75, 3.05) is 26.2 Å². The molecule has 1 fully saturated rings. The highest BCUT2D eigenvalue weighted by atomic mass is 32.1. The van der Waals surface area contributed by atoms with Gasteiger partial charge in [0.25, 0.3) is 5.91 Å². The molecule has 0 saturated carbocycles. The van der Waals surface area contributed by atoms with Crippen molar-refractivity contribution in [1.82, 2.24) is 15.5 Å². The molecule has 1 atom stereocenters. The van der Waals surface area contributed by atoms with E-state index in [-0.39, 0.29) is 11.9 Å². The summed E-state index contributed by atoms with van der Waals surface area (Å²) >= 11 is 1.50. The number of amides is 1. The van der Waals surface area contributed by atoms with E-state index in [4.69, 9.17) is 5.73 Å². The largest absolute Gasteiger partial charge is 0.364 e. The standard InChI is InChI=1S/C24H31N5OS/c1-18(20-8-4-3-5-9-20)28-19(2)27-11-7-6-10-22-21(17-25)16-23(31-22)24(30)29-14-12-26-13-15-29/h3-6,8-11,16,18,26,28H,2,7,12-15,17,25H2,1H3/b10-6-,27-11-/t18-/m1/s1. The molecule has 7 heteroatoms. The number of thiophene rings is 1. The number of nitrogens with one attached hydrogen (secondary N) is 2. The van der Waals surface area contributed by atoms with Crippen LogP contribution in [-0.2, 0) is 6.54 Å². The van der Waals surface area contributed by atoms with Gasteiger partial charge in [-0.25, -0.2) is 4.99 Å². The maximum Gasteiger partial charge on any atom is 0.264 e. The number of benzene rings is 1. The zero-order chi connectivity index (χ0) is 22.1. The van der Waals surface area contributed by atoms with E-state index in [2.05, 4.69) is 41.3 Å². The summed E-state index contributed by atoms with van der Waals surface area (Å²) < 4.78 is 0. The van der Waals surface area contributed by atoms with E-state index in [9.17, 15) is 4.79 Å². The Kier molecular flexibility index (Phi) is 8.58. The van der Waals surface area contributed by atoms with Gasteiger partial charge in [-0.3, -0.25) is 4.79 Å². The molecule has 164 valence electrons. The lowest BCUT2D eigenvalue weighted by molar-refractivity contribution is 0.0740. The molecule has 0 aliphatic carbocycles. The Bertz CT molecular complexity index is 929. The van der Waals surface area contributed by atoms with Crippen molar-refractivity contribution >= 4 is 29.5 Å². The van der Waals surface area contributed by atoms with Gasteiger partial charge in [-0.2, -0.15) is 0 Å². The topological polar surface area (TPSA) is 82.8 Å². The summed E-state index contributed by atoms with van der Waals surface area (Å²) in [5.41, 5.74) is 8.09. The Hall–Kier alpha value is -2.74. The van der Waals surface area contributed by atoms with Crippen LogP contribution in [0.5, 0.6) is 0 Å². The van der Waals surface area contributed by atoms with Crippen LogP contribution >= 0.6 is 11.3 Å². The normalized spacial score (nSPS) is 15.5. The van der Waals surface area contributed by atoms with Gasteiger partial charge in [-0.1, -0.05) is 43.0 Å². The van der Waals surface area contributed by atoms with Gasteiger partial charge in [0.15, 0.2) is 0 Å². The Labute approximate surface area is 188 Å². The molecule has 0 spiro atoms. The molecule has 4 N–H and O–H groups in total. The van der Waals surface area contributed by atoms with Gasteiger partial charge in [0.05, 0.1) is 4.88 Å². The number of nitrogens with zero attached hydrogens (tertiary/aromatic N) is 2. The molecule has 1 aromatic heterocycles. The third-order valence-electron chi connectivity index (χ3n) is 5.12. The fourth-order valence-corrected chi connectivity index (χ4v) is 4.48. The minimum atomic E-state index is 0.0947. The Morgan fingerprint density at radius 3 is 2.81 bits per heavy atom. The molecule has 0 unspecified atom stereocenters. The van der Waals surface area contributed by atoms with Crippen LogP contribution in [0.1, 0.15) is 45.1 Å². The lowest BCUT2D eigenvalue weighted by Gasteiger charge is -2.26. The second-order valence-electron chi connectivity index (χ2n) is 7.42. The molecule has 6 nitrogen and oxygen atoms in total. The monoisotopic (exact) mass is 437 g/mol. The van der Waals surface area contributed by atoms with Crippen LogP contribution in [0, 0.1) is 0 Å². The lowest BCUT2D eigenvalue weighted by Crippen LogP contribution is -2.46. The van der Waals surface area contributed by atoms with Crippen LogP contribution in [0.4, 0.5) is 0 Å². The van der Waals surface area contributed by atoms with Gasteiger partial charge < -0.3 is 21.3 Å². The number of aliphatic imine (C=N–C) groups is 1. The van der Waals surface area contributed by atoms with Crippen LogP contribution in [0.2, 0.25) is 0 Å². The molecule has 1 aliphatic heterocycles. The Balaban J connectivity index is 1.52. The first-order valence-electron chi connectivity index (χ1n) is 10.6. The number of hydrogen-bond acceptors (Lipinski definition) is 6. The van der Waals surface area contributed by atoms with Gasteiger partial charge in [-0.15, -0.1) is 11.3 Å². The minimum Gasteiger partial charge on any atom is -0.364 e. The van der Waals surface area contributed by atoms with E-state index >= 15 is 0 Å². The van der Waals surface area contributed by atoms with Gasteiger partial charge in [0.2, 0.25) is 0 Å². The first-order chi connectivity index (χ1) is 15.1. The van der Waals surface area contributed by atoms with Crippen molar-refractivity contribution in [2.24, 2.45) is 10.7 Å². The molecule has 1 amide bonds. The van der Waals surface area contributed by atoms with Crippen molar-refractivity contribution < 1.29 is 4.79 Å². The highest BCUT2D eigenvalue weighted by Crippen LogP contribution is 2.25. The molecule has 1 aromatic carbocycles. The minimum absolute atomic E-state index is 0.0947. The summed E-state index contributed by atoms with van der Waals surface area (Å²) in [6, 6.07) is 12.3. The molecule has 0 radical (unpaired) electrons. The number of carbonyl (C=O) groups excluding carboxylic acids is 1. The fraction of sp³-hybridized carbons (Fsp3) is 0.333. The van der Waals surface area contributed by atoms with Gasteiger partial charge >= 0.3 is 0 Å². The lowest BCUT2D eigenvalue weighted by atomic mass is 10.1. The maximum absolute atomic E-state index is 12.7. The number of piperazine rings is 1. The van der Waals surface area contributed by atoms with Crippen molar-refractivity contribution in [2.45, 2.75) is 25.9 Å². The smallest absolute Gasteiger partial charge is 0.264 e. The van der Waals surface area contributed by atoms with Crippen LogP contribution in [0.25, 0.3) is 6.08 Å². The Morgan fingerprint density at radius 2 is 2.10 bits per heavy atom. The van der Waals surface area contributed by atoms with Crippen LogP contribution < -0.4 is 16.4 Å². The summed E-state index contributed by atoms with van der Waals surface area (Å²) in [5, 5.41) is 6.56. The molecule has 2 aromatic rings. The second kappa shape index (κ2) is 11.6. The number of nitrogens with two attached hydrogens (primary N) is 1. The average molecular weight is 438 g/mol. The molecular formula is C24H31N5OS. The van der Waals surface area contributed by atoms with E-state index in [0.717, 1.165) is 41.5 Å². The van der Waals surface area contributed by atoms with E-state index in [1.807, 2.05) is 47.5 Å². The van der Waals surface area contributed by atoms with Gasteiger partial charge in [0.1, 0.15) is 5.82 Å². The maximum atomic E-state index is 12.7.